The molecule has 3 rings (SSSR count). The molecule has 0 saturated carbocycles. The van der Waals surface area contributed by atoms with E-state index in [0.29, 0.717) is 5.56 Å². The van der Waals surface area contributed by atoms with Crippen LogP contribution in [0, 0.1) is 0 Å². The van der Waals surface area contributed by atoms with Gasteiger partial charge in [-0.05, 0) is 67.2 Å². The Morgan fingerprint density at radius 1 is 0.679 bits per heavy atom. The third kappa shape index (κ3) is 14.9. The number of benzene rings is 3. The molecule has 0 fully saturated rings. The number of hydrogen-bond acceptors (Lipinski definition) is 5. The molecule has 0 aliphatic heterocycles. The monoisotopic (exact) mass is 741 g/mol. The Morgan fingerprint density at radius 2 is 1.15 bits per heavy atom. The van der Waals surface area contributed by atoms with Crippen molar-refractivity contribution in [3.8, 4) is 0 Å². The van der Waals surface area contributed by atoms with E-state index in [1.54, 1.807) is 12.1 Å². The molecule has 1 N–H and O–H groups in total. The van der Waals surface area contributed by atoms with Gasteiger partial charge in [-0.1, -0.05) is 177 Å². The van der Waals surface area contributed by atoms with Gasteiger partial charge in [-0.25, -0.2) is 9.59 Å². The highest BCUT2D eigenvalue weighted by Gasteiger charge is 2.50. The lowest BCUT2D eigenvalue weighted by Gasteiger charge is -2.44. The summed E-state index contributed by atoms with van der Waals surface area (Å²) in [5, 5.41) is 5.03. The number of carbonyl (C=O) groups is 2. The van der Waals surface area contributed by atoms with Crippen molar-refractivity contribution in [2.75, 3.05) is 6.61 Å². The first kappa shape index (κ1) is 43.7. The second kappa shape index (κ2) is 22.5. The van der Waals surface area contributed by atoms with Gasteiger partial charge in [-0.2, -0.15) is 0 Å². The second-order valence-electron chi connectivity index (χ2n) is 16.2. The van der Waals surface area contributed by atoms with E-state index in [4.69, 9.17) is 13.9 Å². The molecule has 0 unspecified atom stereocenters. The van der Waals surface area contributed by atoms with Crippen LogP contribution in [0.1, 0.15) is 136 Å². The quantitative estimate of drug-likeness (QED) is 0.0480. The third-order valence-electron chi connectivity index (χ3n) is 9.55. The number of unbranched alkanes of at least 4 members (excludes halogenated alkanes) is 11. The van der Waals surface area contributed by atoms with Crippen LogP contribution in [0.4, 0.5) is 4.79 Å². The fourth-order valence-electron chi connectivity index (χ4n) is 6.83. The average molecular weight is 742 g/mol. The van der Waals surface area contributed by atoms with Crippen LogP contribution in [-0.2, 0) is 13.9 Å². The first-order valence-corrected chi connectivity index (χ1v) is 22.0. The number of ether oxygens (including phenoxy) is 2. The lowest BCUT2D eigenvalue weighted by atomic mass is 10.0. The SMILES string of the molecule is CCCCCCCCCCCCC/C=C/[C@@H](OC(=O)c1ccccc1)[C@H](CO[Si](c1ccccc1)(c1ccccc1)C(C)(C)C)NC(=O)OC(C)(C)C. The van der Waals surface area contributed by atoms with Gasteiger partial charge in [0.15, 0.2) is 0 Å². The Labute approximate surface area is 322 Å². The van der Waals surface area contributed by atoms with Crippen LogP contribution in [0.25, 0.3) is 0 Å². The van der Waals surface area contributed by atoms with E-state index in [9.17, 15) is 9.59 Å². The number of amides is 1. The van der Waals surface area contributed by atoms with Gasteiger partial charge < -0.3 is 19.2 Å². The zero-order valence-corrected chi connectivity index (χ0v) is 34.7. The fourth-order valence-corrected chi connectivity index (χ4v) is 11.4. The van der Waals surface area contributed by atoms with Crippen molar-refractivity contribution in [2.24, 2.45) is 0 Å². The predicted molar refractivity (Wildman–Crippen MR) is 223 cm³/mol. The zero-order valence-electron chi connectivity index (χ0n) is 33.7. The zero-order chi connectivity index (χ0) is 38.6. The van der Waals surface area contributed by atoms with Crippen molar-refractivity contribution in [1.29, 1.82) is 0 Å². The first-order chi connectivity index (χ1) is 25.4. The molecule has 6 nitrogen and oxygen atoms in total. The number of nitrogens with one attached hydrogen (secondary N) is 1. The Bertz CT molecular complexity index is 1440. The molecule has 0 aliphatic rings. The summed E-state index contributed by atoms with van der Waals surface area (Å²) in [7, 11) is -2.99. The molecule has 7 heteroatoms. The molecule has 1 amide bonds. The molecule has 3 aromatic rings. The maximum Gasteiger partial charge on any atom is 0.408 e. The van der Waals surface area contributed by atoms with Crippen molar-refractivity contribution >= 4 is 30.8 Å². The van der Waals surface area contributed by atoms with Gasteiger partial charge in [0, 0.05) is 0 Å². The van der Waals surface area contributed by atoms with E-state index in [-0.39, 0.29) is 11.6 Å². The highest BCUT2D eigenvalue weighted by Crippen LogP contribution is 2.37. The lowest BCUT2D eigenvalue weighted by molar-refractivity contribution is 0.0190. The Balaban J connectivity index is 1.88. The van der Waals surface area contributed by atoms with Crippen molar-refractivity contribution in [3.05, 3.63) is 109 Å². The molecule has 0 spiro atoms. The first-order valence-electron chi connectivity index (χ1n) is 20.0. The summed E-state index contributed by atoms with van der Waals surface area (Å²) < 4.78 is 19.3. The minimum absolute atomic E-state index is 0.0993. The standard InChI is InChI=1S/C46H67NO5Si/c1-8-9-10-11-12-13-14-15-16-17-18-19-29-36-42(51-43(48)38-30-23-20-24-31-38)41(47-44(49)52-45(2,3)4)37-50-53(46(5,6)7,39-32-25-21-26-33-39)40-34-27-22-28-35-40/h20-36,41-42H,8-19,37H2,1-7H3,(H,47,49)/b36-29+/t41-,42+/m0/s1. The average Bonchev–Trinajstić information content (AvgIpc) is 3.12. The van der Waals surface area contributed by atoms with E-state index in [1.807, 2.05) is 81.4 Å². The maximum absolute atomic E-state index is 13.6. The van der Waals surface area contributed by atoms with Gasteiger partial charge in [0.2, 0.25) is 0 Å². The molecule has 53 heavy (non-hydrogen) atoms. The summed E-state index contributed by atoms with van der Waals surface area (Å²) in [6.45, 7) is 14.5. The van der Waals surface area contributed by atoms with Crippen LogP contribution in [0.3, 0.4) is 0 Å². The molecule has 0 heterocycles. The molecule has 0 bridgehead atoms. The van der Waals surface area contributed by atoms with Crippen molar-refractivity contribution in [1.82, 2.24) is 5.32 Å². The number of allylic oxidation sites excluding steroid dienone is 1. The highest BCUT2D eigenvalue weighted by molar-refractivity contribution is 6.99. The normalized spacial score (nSPS) is 13.4. The van der Waals surface area contributed by atoms with Gasteiger partial charge in [-0.15, -0.1) is 0 Å². The molecule has 0 saturated heterocycles. The number of esters is 1. The summed E-state index contributed by atoms with van der Waals surface area (Å²) in [6.07, 6.45) is 17.5. The van der Waals surface area contributed by atoms with Crippen LogP contribution in [0.15, 0.2) is 103 Å². The summed E-state index contributed by atoms with van der Waals surface area (Å²) in [6, 6.07) is 29.0. The summed E-state index contributed by atoms with van der Waals surface area (Å²) >= 11 is 0. The van der Waals surface area contributed by atoms with Gasteiger partial charge >= 0.3 is 12.1 Å². The van der Waals surface area contributed by atoms with Gasteiger partial charge in [0.1, 0.15) is 11.7 Å². The summed E-state index contributed by atoms with van der Waals surface area (Å²) in [5.74, 6) is -0.462. The molecule has 0 aliphatic carbocycles. The molecule has 0 radical (unpaired) electrons. The Morgan fingerprint density at radius 3 is 1.62 bits per heavy atom. The molecule has 3 aromatic carbocycles. The van der Waals surface area contributed by atoms with Gasteiger partial charge in [0.25, 0.3) is 8.32 Å². The highest BCUT2D eigenvalue weighted by atomic mass is 28.4. The van der Waals surface area contributed by atoms with E-state index >= 15 is 0 Å². The fraction of sp³-hybridized carbons (Fsp3) is 0.522. The van der Waals surface area contributed by atoms with E-state index < -0.39 is 38.1 Å². The number of rotatable bonds is 22. The van der Waals surface area contributed by atoms with E-state index in [0.717, 1.165) is 29.6 Å². The lowest BCUT2D eigenvalue weighted by Crippen LogP contribution is -2.67. The second-order valence-corrected chi connectivity index (χ2v) is 20.5. The number of alkyl carbamates (subject to hydrolysis) is 1. The van der Waals surface area contributed by atoms with Crippen molar-refractivity contribution in [3.63, 3.8) is 0 Å². The topological polar surface area (TPSA) is 73.9 Å². The Hall–Kier alpha value is -3.68. The number of hydrogen-bond donors (Lipinski definition) is 1. The molecular formula is C46H67NO5Si. The van der Waals surface area contributed by atoms with Crippen LogP contribution in [0.5, 0.6) is 0 Å². The molecule has 2 atom stereocenters. The smallest absolute Gasteiger partial charge is 0.408 e. The summed E-state index contributed by atoms with van der Waals surface area (Å²) in [5.41, 5.74) is -0.269. The largest absolute Gasteiger partial charge is 0.452 e. The minimum Gasteiger partial charge on any atom is -0.452 e. The Kier molecular flexibility index (Phi) is 18.6. The van der Waals surface area contributed by atoms with Crippen LogP contribution in [-0.4, -0.2) is 44.7 Å². The van der Waals surface area contributed by atoms with Crippen LogP contribution >= 0.6 is 0 Å². The minimum atomic E-state index is -2.99. The van der Waals surface area contributed by atoms with Crippen molar-refractivity contribution < 1.29 is 23.5 Å². The molecule has 290 valence electrons. The predicted octanol–water partition coefficient (Wildman–Crippen LogP) is 10.9. The van der Waals surface area contributed by atoms with Crippen LogP contribution < -0.4 is 15.7 Å². The number of carbonyl (C=O) groups excluding carboxylic acids is 2. The van der Waals surface area contributed by atoms with Crippen molar-refractivity contribution in [2.45, 2.75) is 148 Å². The van der Waals surface area contributed by atoms with E-state index in [2.05, 4.69) is 63.4 Å². The third-order valence-corrected chi connectivity index (χ3v) is 14.6. The van der Waals surface area contributed by atoms with Gasteiger partial charge in [-0.3, -0.25) is 0 Å². The van der Waals surface area contributed by atoms with E-state index in [1.165, 1.54) is 57.8 Å². The molecule has 0 aromatic heterocycles. The summed E-state index contributed by atoms with van der Waals surface area (Å²) in [4.78, 5) is 27.0. The molecular weight excluding hydrogens is 675 g/mol. The van der Waals surface area contributed by atoms with Crippen LogP contribution in [0.2, 0.25) is 5.04 Å². The maximum atomic E-state index is 13.6. The van der Waals surface area contributed by atoms with Gasteiger partial charge in [0.05, 0.1) is 18.2 Å².